The number of aromatic nitrogens is 1. The number of rotatable bonds is 5. The third kappa shape index (κ3) is 5.74. The monoisotopic (exact) mass is 365 g/mol. The number of carbonyl (C=O) groups is 3. The van der Waals surface area contributed by atoms with Gasteiger partial charge in [-0.25, -0.2) is 14.6 Å². The van der Waals surface area contributed by atoms with E-state index in [0.29, 0.717) is 16.5 Å². The van der Waals surface area contributed by atoms with E-state index in [9.17, 15) is 14.4 Å². The van der Waals surface area contributed by atoms with Crippen LogP contribution in [0.2, 0.25) is 0 Å². The predicted octanol–water partition coefficient (Wildman–Crippen LogP) is 2.36. The van der Waals surface area contributed by atoms with Crippen LogP contribution in [0.3, 0.4) is 0 Å². The van der Waals surface area contributed by atoms with Gasteiger partial charge in [0.25, 0.3) is 5.91 Å². The minimum Gasteiger partial charge on any atom is -0.452 e. The number of thioether (sulfide) groups is 1. The molecule has 1 aliphatic rings. The van der Waals surface area contributed by atoms with Gasteiger partial charge in [0.15, 0.2) is 6.61 Å². The molecular weight excluding hydrogens is 342 g/mol. The van der Waals surface area contributed by atoms with E-state index >= 15 is 0 Å². The smallest absolute Gasteiger partial charge is 0.341 e. The second kappa shape index (κ2) is 9.41. The van der Waals surface area contributed by atoms with Gasteiger partial charge < -0.3 is 10.1 Å². The molecule has 1 heterocycles. The molecule has 7 nitrogen and oxygen atoms in total. The van der Waals surface area contributed by atoms with Crippen molar-refractivity contribution in [3.8, 4) is 0 Å². The summed E-state index contributed by atoms with van der Waals surface area (Å²) in [6.07, 6.45) is 7.59. The quantitative estimate of drug-likeness (QED) is 0.614. The molecule has 0 aliphatic heterocycles. The summed E-state index contributed by atoms with van der Waals surface area (Å²) in [5, 5.41) is 5.53. The molecule has 1 aliphatic carbocycles. The van der Waals surface area contributed by atoms with E-state index < -0.39 is 24.5 Å². The zero-order valence-corrected chi connectivity index (χ0v) is 15.2. The molecule has 0 saturated heterocycles. The summed E-state index contributed by atoms with van der Waals surface area (Å²) in [5.74, 6) is -0.916. The van der Waals surface area contributed by atoms with Crippen molar-refractivity contribution in [2.45, 2.75) is 43.7 Å². The molecule has 2 rings (SSSR count). The molecule has 0 unspecified atom stereocenters. The number of nitrogens with one attached hydrogen (secondary N) is 2. The van der Waals surface area contributed by atoms with Gasteiger partial charge in [-0.2, -0.15) is 0 Å². The number of urea groups is 1. The van der Waals surface area contributed by atoms with Crippen molar-refractivity contribution in [1.29, 1.82) is 0 Å². The minimum absolute atomic E-state index is 0.0728. The topological polar surface area (TPSA) is 97.4 Å². The maximum Gasteiger partial charge on any atom is 0.341 e. The van der Waals surface area contributed by atoms with E-state index in [1.165, 1.54) is 18.2 Å². The lowest BCUT2D eigenvalue weighted by Crippen LogP contribution is -2.48. The average molecular weight is 365 g/mol. The lowest BCUT2D eigenvalue weighted by molar-refractivity contribution is -0.123. The van der Waals surface area contributed by atoms with Crippen LogP contribution in [0.25, 0.3) is 0 Å². The normalized spacial score (nSPS) is 19.8. The molecule has 0 spiro atoms. The number of esters is 1. The first kappa shape index (κ1) is 19.2. The number of imide groups is 1. The predicted molar refractivity (Wildman–Crippen MR) is 94.4 cm³/mol. The van der Waals surface area contributed by atoms with E-state index in [1.54, 1.807) is 24.6 Å². The van der Waals surface area contributed by atoms with Gasteiger partial charge in [0, 0.05) is 12.2 Å². The maximum atomic E-state index is 12.0. The Balaban J connectivity index is 1.78. The van der Waals surface area contributed by atoms with Crippen molar-refractivity contribution in [1.82, 2.24) is 15.6 Å². The fourth-order valence-corrected chi connectivity index (χ4v) is 3.35. The maximum absolute atomic E-state index is 12.0. The molecule has 0 aromatic carbocycles. The lowest BCUT2D eigenvalue weighted by Gasteiger charge is -2.29. The molecule has 1 saturated carbocycles. The Bertz CT molecular complexity index is 638. The second-order valence-corrected chi connectivity index (χ2v) is 6.82. The number of nitrogens with zero attached hydrogens (tertiary/aromatic N) is 1. The Kier molecular flexibility index (Phi) is 7.24. The van der Waals surface area contributed by atoms with Crippen LogP contribution in [0, 0.1) is 5.92 Å². The SMILES string of the molecule is CSc1ncccc1C(=O)OCC(=O)NC(=O)N[C@H]1CCCC[C@@H]1C. The zero-order valence-electron chi connectivity index (χ0n) is 14.4. The van der Waals surface area contributed by atoms with Crippen LogP contribution < -0.4 is 10.6 Å². The van der Waals surface area contributed by atoms with Gasteiger partial charge in [-0.1, -0.05) is 19.8 Å². The molecule has 8 heteroatoms. The molecule has 25 heavy (non-hydrogen) atoms. The van der Waals surface area contributed by atoms with Crippen LogP contribution >= 0.6 is 11.8 Å². The van der Waals surface area contributed by atoms with Crippen LogP contribution in [0.1, 0.15) is 43.0 Å². The van der Waals surface area contributed by atoms with Crippen LogP contribution in [0.5, 0.6) is 0 Å². The first-order chi connectivity index (χ1) is 12.0. The highest BCUT2D eigenvalue weighted by atomic mass is 32.2. The molecule has 2 atom stereocenters. The van der Waals surface area contributed by atoms with Crippen molar-refractivity contribution in [3.63, 3.8) is 0 Å². The third-order valence-electron chi connectivity index (χ3n) is 4.20. The largest absolute Gasteiger partial charge is 0.452 e. The molecule has 0 bridgehead atoms. The van der Waals surface area contributed by atoms with E-state index in [0.717, 1.165) is 19.3 Å². The number of amides is 3. The van der Waals surface area contributed by atoms with E-state index in [1.807, 2.05) is 0 Å². The number of pyridine rings is 1. The third-order valence-corrected chi connectivity index (χ3v) is 4.91. The van der Waals surface area contributed by atoms with Crippen LogP contribution in [-0.2, 0) is 9.53 Å². The first-order valence-corrected chi connectivity index (χ1v) is 9.50. The van der Waals surface area contributed by atoms with Gasteiger partial charge >= 0.3 is 12.0 Å². The van der Waals surface area contributed by atoms with E-state index in [2.05, 4.69) is 22.5 Å². The van der Waals surface area contributed by atoms with Crippen molar-refractivity contribution in [2.24, 2.45) is 5.92 Å². The van der Waals surface area contributed by atoms with Crippen molar-refractivity contribution >= 4 is 29.7 Å². The van der Waals surface area contributed by atoms with Crippen LogP contribution in [0.15, 0.2) is 23.4 Å². The highest BCUT2D eigenvalue weighted by Crippen LogP contribution is 2.23. The zero-order chi connectivity index (χ0) is 18.2. The summed E-state index contributed by atoms with van der Waals surface area (Å²) in [6, 6.07) is 2.72. The molecule has 1 aromatic rings. The number of hydrogen-bond donors (Lipinski definition) is 2. The molecular formula is C17H23N3O4S. The highest BCUT2D eigenvalue weighted by Gasteiger charge is 2.23. The standard InChI is InChI=1S/C17H23N3O4S/c1-11-6-3-4-8-13(11)19-17(23)20-14(21)10-24-16(22)12-7-5-9-18-15(12)25-2/h5,7,9,11,13H,3-4,6,8,10H2,1-2H3,(H2,19,20,21,23)/t11-,13-/m0/s1. The van der Waals surface area contributed by atoms with E-state index in [-0.39, 0.29) is 6.04 Å². The Labute approximate surface area is 151 Å². The molecule has 2 N–H and O–H groups in total. The molecule has 0 radical (unpaired) electrons. The average Bonchev–Trinajstić information content (AvgIpc) is 2.61. The van der Waals surface area contributed by atoms with Crippen molar-refractivity contribution in [2.75, 3.05) is 12.9 Å². The highest BCUT2D eigenvalue weighted by molar-refractivity contribution is 7.98. The summed E-state index contributed by atoms with van der Waals surface area (Å²) in [5.41, 5.74) is 0.295. The van der Waals surface area contributed by atoms with Gasteiger partial charge in [0.05, 0.1) is 5.56 Å². The number of carbonyl (C=O) groups excluding carboxylic acids is 3. The van der Waals surface area contributed by atoms with Crippen molar-refractivity contribution < 1.29 is 19.1 Å². The number of ether oxygens (including phenoxy) is 1. The Morgan fingerprint density at radius 3 is 2.80 bits per heavy atom. The van der Waals surface area contributed by atoms with Gasteiger partial charge in [0.1, 0.15) is 5.03 Å². The second-order valence-electron chi connectivity index (χ2n) is 6.03. The van der Waals surface area contributed by atoms with Gasteiger partial charge in [-0.05, 0) is 37.1 Å². The Morgan fingerprint density at radius 1 is 1.32 bits per heavy atom. The van der Waals surface area contributed by atoms with Gasteiger partial charge in [-0.15, -0.1) is 11.8 Å². The van der Waals surface area contributed by atoms with Crippen LogP contribution in [0.4, 0.5) is 4.79 Å². The molecule has 1 aromatic heterocycles. The van der Waals surface area contributed by atoms with E-state index in [4.69, 9.17) is 4.74 Å². The summed E-state index contributed by atoms with van der Waals surface area (Å²) >= 11 is 1.31. The van der Waals surface area contributed by atoms with Crippen LogP contribution in [-0.4, -0.2) is 41.8 Å². The summed E-state index contributed by atoms with van der Waals surface area (Å²) < 4.78 is 4.96. The fourth-order valence-electron chi connectivity index (χ4n) is 2.82. The lowest BCUT2D eigenvalue weighted by atomic mass is 9.86. The number of hydrogen-bond acceptors (Lipinski definition) is 6. The van der Waals surface area contributed by atoms with Gasteiger partial charge in [-0.3, -0.25) is 10.1 Å². The molecule has 1 fully saturated rings. The summed E-state index contributed by atoms with van der Waals surface area (Å²) in [4.78, 5) is 39.8. The summed E-state index contributed by atoms with van der Waals surface area (Å²) in [6.45, 7) is 1.57. The Morgan fingerprint density at radius 2 is 2.08 bits per heavy atom. The first-order valence-electron chi connectivity index (χ1n) is 8.27. The molecule has 3 amide bonds. The summed E-state index contributed by atoms with van der Waals surface area (Å²) in [7, 11) is 0. The Hall–Kier alpha value is -2.09. The van der Waals surface area contributed by atoms with Gasteiger partial charge in [0.2, 0.25) is 0 Å². The minimum atomic E-state index is -0.663. The molecule has 136 valence electrons. The van der Waals surface area contributed by atoms with Crippen molar-refractivity contribution in [3.05, 3.63) is 23.9 Å². The fraction of sp³-hybridized carbons (Fsp3) is 0.529.